The average Bonchev–Trinajstić information content (AvgIpc) is 2.30. The third kappa shape index (κ3) is 8.05. The summed E-state index contributed by atoms with van der Waals surface area (Å²) in [6.45, 7) is 10.0. The lowest BCUT2D eigenvalue weighted by Gasteiger charge is -2.29. The maximum Gasteiger partial charge on any atom is 0.238 e. The molecule has 1 aromatic carbocycles. The van der Waals surface area contributed by atoms with Crippen LogP contribution in [0.15, 0.2) is 24.3 Å². The molecule has 0 bridgehead atoms. The minimum absolute atomic E-state index is 0. The molecule has 120 valence electrons. The van der Waals surface area contributed by atoms with Gasteiger partial charge in [-0.05, 0) is 45.4 Å². The summed E-state index contributed by atoms with van der Waals surface area (Å²) >= 11 is 0. The van der Waals surface area contributed by atoms with Crippen LogP contribution in [0.3, 0.4) is 0 Å². The van der Waals surface area contributed by atoms with Gasteiger partial charge in [0.05, 0.1) is 6.54 Å². The molecule has 0 atom stereocenters. The van der Waals surface area contributed by atoms with Crippen LogP contribution in [0.1, 0.15) is 32.8 Å². The van der Waals surface area contributed by atoms with E-state index in [1.54, 1.807) is 0 Å². The normalized spacial score (nSPS) is 11.1. The lowest BCUT2D eigenvalue weighted by atomic mass is 10.1. The number of halogens is 1. The van der Waals surface area contributed by atoms with E-state index >= 15 is 0 Å². The zero-order valence-electron chi connectivity index (χ0n) is 13.5. The van der Waals surface area contributed by atoms with E-state index in [9.17, 15) is 4.79 Å². The maximum absolute atomic E-state index is 12.1. The number of nitrogens with one attached hydrogen (secondary N) is 1. The molecule has 5 heteroatoms. The summed E-state index contributed by atoms with van der Waals surface area (Å²) < 4.78 is 0. The molecule has 4 nitrogen and oxygen atoms in total. The Balaban J connectivity index is 0.00000400. The molecule has 0 saturated carbocycles. The number of benzene rings is 1. The van der Waals surface area contributed by atoms with Crippen molar-refractivity contribution in [3.63, 3.8) is 0 Å². The number of para-hydroxylation sites is 1. The number of carbonyl (C=O) groups excluding carboxylic acids is 1. The molecular formula is C16H28ClN3O. The van der Waals surface area contributed by atoms with Gasteiger partial charge in [-0.2, -0.15) is 0 Å². The summed E-state index contributed by atoms with van der Waals surface area (Å²) in [4.78, 5) is 14.2. The summed E-state index contributed by atoms with van der Waals surface area (Å²) in [5.74, 6) is 0.0111. The number of anilines is 1. The van der Waals surface area contributed by atoms with Gasteiger partial charge in [-0.15, -0.1) is 12.4 Å². The van der Waals surface area contributed by atoms with Gasteiger partial charge in [-0.25, -0.2) is 0 Å². The predicted octanol–water partition coefficient (Wildman–Crippen LogP) is 2.80. The fraction of sp³-hybridized carbons (Fsp3) is 0.562. The quantitative estimate of drug-likeness (QED) is 0.814. The van der Waals surface area contributed by atoms with Gasteiger partial charge in [0.25, 0.3) is 0 Å². The molecule has 0 unspecified atom stereocenters. The first-order valence-corrected chi connectivity index (χ1v) is 7.18. The first-order valence-electron chi connectivity index (χ1n) is 7.18. The number of rotatable bonds is 7. The predicted molar refractivity (Wildman–Crippen MR) is 92.1 cm³/mol. The third-order valence-corrected chi connectivity index (χ3v) is 2.96. The molecular weight excluding hydrogens is 286 g/mol. The number of hydrogen-bond donors (Lipinski definition) is 2. The first-order chi connectivity index (χ1) is 9.31. The van der Waals surface area contributed by atoms with Gasteiger partial charge in [0.1, 0.15) is 0 Å². The van der Waals surface area contributed by atoms with E-state index in [4.69, 9.17) is 5.73 Å². The average molecular weight is 314 g/mol. The summed E-state index contributed by atoms with van der Waals surface area (Å²) in [6, 6.07) is 7.80. The van der Waals surface area contributed by atoms with Gasteiger partial charge in [0.2, 0.25) is 5.91 Å². The number of carbonyl (C=O) groups is 1. The fourth-order valence-electron chi connectivity index (χ4n) is 2.21. The molecule has 0 fully saturated rings. The monoisotopic (exact) mass is 313 g/mol. The van der Waals surface area contributed by atoms with Crippen molar-refractivity contribution in [3.8, 4) is 0 Å². The molecule has 0 radical (unpaired) electrons. The van der Waals surface area contributed by atoms with E-state index in [0.717, 1.165) is 24.2 Å². The Morgan fingerprint density at radius 1 is 1.33 bits per heavy atom. The molecule has 21 heavy (non-hydrogen) atoms. The van der Waals surface area contributed by atoms with Crippen molar-refractivity contribution in [2.75, 3.05) is 25.0 Å². The second-order valence-corrected chi connectivity index (χ2v) is 6.06. The number of nitrogens with zero attached hydrogens (tertiary/aromatic N) is 1. The standard InChI is InChI=1S/C16H27N3O.ClH/c1-5-10-19(12-16(3,4)17)11-15(20)18-14-9-7-6-8-13(14)2;/h6-9H,5,10-12,17H2,1-4H3,(H,18,20);1H. The molecule has 3 N–H and O–H groups in total. The third-order valence-electron chi connectivity index (χ3n) is 2.96. The number of amides is 1. The lowest BCUT2D eigenvalue weighted by Crippen LogP contribution is -2.47. The summed E-state index contributed by atoms with van der Waals surface area (Å²) in [6.07, 6.45) is 1.01. The Morgan fingerprint density at radius 3 is 2.48 bits per heavy atom. The van der Waals surface area contributed by atoms with Gasteiger partial charge in [0.15, 0.2) is 0 Å². The summed E-state index contributed by atoms with van der Waals surface area (Å²) in [7, 11) is 0. The maximum atomic E-state index is 12.1. The SMILES string of the molecule is CCCN(CC(=O)Nc1ccccc1C)CC(C)(C)N.Cl. The Hall–Kier alpha value is -1.10. The molecule has 1 rings (SSSR count). The zero-order valence-corrected chi connectivity index (χ0v) is 14.3. The molecule has 0 saturated heterocycles. The highest BCUT2D eigenvalue weighted by atomic mass is 35.5. The number of hydrogen-bond acceptors (Lipinski definition) is 3. The Bertz CT molecular complexity index is 443. The molecule has 0 aromatic heterocycles. The Kier molecular flexibility index (Phi) is 8.55. The van der Waals surface area contributed by atoms with Crippen LogP contribution in [0, 0.1) is 6.92 Å². The number of nitrogens with two attached hydrogens (primary N) is 1. The molecule has 1 amide bonds. The van der Waals surface area contributed by atoms with Crippen molar-refractivity contribution in [2.45, 2.75) is 39.7 Å². The van der Waals surface area contributed by atoms with Crippen LogP contribution in [0.4, 0.5) is 5.69 Å². The van der Waals surface area contributed by atoms with E-state index in [1.807, 2.05) is 45.0 Å². The van der Waals surface area contributed by atoms with Crippen LogP contribution in [-0.4, -0.2) is 36.0 Å². The molecule has 0 aliphatic carbocycles. The van der Waals surface area contributed by atoms with Crippen molar-refractivity contribution >= 4 is 24.0 Å². The Morgan fingerprint density at radius 2 is 1.95 bits per heavy atom. The van der Waals surface area contributed by atoms with Gasteiger partial charge in [-0.3, -0.25) is 9.69 Å². The topological polar surface area (TPSA) is 58.4 Å². The molecule has 0 spiro atoms. The summed E-state index contributed by atoms with van der Waals surface area (Å²) in [5.41, 5.74) is 7.70. The van der Waals surface area contributed by atoms with E-state index in [1.165, 1.54) is 0 Å². The molecule has 0 heterocycles. The lowest BCUT2D eigenvalue weighted by molar-refractivity contribution is -0.117. The molecule has 1 aromatic rings. The summed E-state index contributed by atoms with van der Waals surface area (Å²) in [5, 5.41) is 2.96. The van der Waals surface area contributed by atoms with E-state index in [0.29, 0.717) is 13.1 Å². The highest BCUT2D eigenvalue weighted by Gasteiger charge is 2.18. The minimum Gasteiger partial charge on any atom is -0.325 e. The van der Waals surface area contributed by atoms with Crippen molar-refractivity contribution in [1.29, 1.82) is 0 Å². The van der Waals surface area contributed by atoms with Crippen LogP contribution < -0.4 is 11.1 Å². The van der Waals surface area contributed by atoms with Crippen molar-refractivity contribution in [2.24, 2.45) is 5.73 Å². The minimum atomic E-state index is -0.294. The van der Waals surface area contributed by atoms with Crippen molar-refractivity contribution in [3.05, 3.63) is 29.8 Å². The van der Waals surface area contributed by atoms with Crippen LogP contribution in [0.2, 0.25) is 0 Å². The van der Waals surface area contributed by atoms with E-state index < -0.39 is 0 Å². The van der Waals surface area contributed by atoms with Crippen LogP contribution in [-0.2, 0) is 4.79 Å². The Labute approximate surface area is 134 Å². The van der Waals surface area contributed by atoms with Crippen LogP contribution in [0.25, 0.3) is 0 Å². The zero-order chi connectivity index (χ0) is 15.2. The first kappa shape index (κ1) is 19.9. The number of aryl methyl sites for hydroxylation is 1. The van der Waals surface area contributed by atoms with Crippen molar-refractivity contribution < 1.29 is 4.79 Å². The van der Waals surface area contributed by atoms with Crippen molar-refractivity contribution in [1.82, 2.24) is 4.90 Å². The second kappa shape index (κ2) is 9.03. The molecule has 0 aliphatic rings. The van der Waals surface area contributed by atoms with Gasteiger partial charge in [0, 0.05) is 17.8 Å². The molecule has 0 aliphatic heterocycles. The second-order valence-electron chi connectivity index (χ2n) is 6.06. The highest BCUT2D eigenvalue weighted by molar-refractivity contribution is 5.92. The smallest absolute Gasteiger partial charge is 0.238 e. The highest BCUT2D eigenvalue weighted by Crippen LogP contribution is 2.13. The van der Waals surface area contributed by atoms with Gasteiger partial charge in [-0.1, -0.05) is 25.1 Å². The largest absolute Gasteiger partial charge is 0.325 e. The van der Waals surface area contributed by atoms with E-state index in [2.05, 4.69) is 17.1 Å². The van der Waals surface area contributed by atoms with Crippen LogP contribution >= 0.6 is 12.4 Å². The van der Waals surface area contributed by atoms with Crippen LogP contribution in [0.5, 0.6) is 0 Å². The fourth-order valence-corrected chi connectivity index (χ4v) is 2.21. The van der Waals surface area contributed by atoms with Gasteiger partial charge >= 0.3 is 0 Å². The van der Waals surface area contributed by atoms with E-state index in [-0.39, 0.29) is 23.9 Å². The van der Waals surface area contributed by atoms with Gasteiger partial charge < -0.3 is 11.1 Å².